The van der Waals surface area contributed by atoms with Gasteiger partial charge >= 0.3 is 0 Å². The van der Waals surface area contributed by atoms with Crippen LogP contribution in [0, 0.1) is 5.92 Å². The molecule has 0 bridgehead atoms. The van der Waals surface area contributed by atoms with E-state index in [4.69, 9.17) is 0 Å². The zero-order valence-corrected chi connectivity index (χ0v) is 14.6. The number of rotatable bonds is 5. The summed E-state index contributed by atoms with van der Waals surface area (Å²) >= 11 is 0. The normalized spacial score (nSPS) is 19.6. The Balaban J connectivity index is 1.88. The third-order valence-corrected chi connectivity index (χ3v) is 5.67. The van der Waals surface area contributed by atoms with Gasteiger partial charge in [0.2, 0.25) is 17.7 Å². The SMILES string of the molecule is CC(=O)N[C@H](CC(=O)NNC(=O)[C@H]1CCS(=O)(=O)C1)c1ccccc1. The fourth-order valence-corrected chi connectivity index (χ4v) is 4.40. The topological polar surface area (TPSA) is 121 Å². The van der Waals surface area contributed by atoms with Gasteiger partial charge in [-0.25, -0.2) is 8.42 Å². The zero-order chi connectivity index (χ0) is 18.4. The van der Waals surface area contributed by atoms with Gasteiger partial charge in [0.25, 0.3) is 0 Å². The Labute approximate surface area is 146 Å². The van der Waals surface area contributed by atoms with E-state index in [9.17, 15) is 22.8 Å². The second-order valence-corrected chi connectivity index (χ2v) is 8.23. The first-order valence-electron chi connectivity index (χ1n) is 7.88. The van der Waals surface area contributed by atoms with Crippen molar-refractivity contribution in [2.24, 2.45) is 5.92 Å². The Morgan fingerprint density at radius 3 is 2.40 bits per heavy atom. The number of benzene rings is 1. The molecule has 25 heavy (non-hydrogen) atoms. The molecular formula is C16H21N3O5S. The Hall–Kier alpha value is -2.42. The van der Waals surface area contributed by atoms with Crippen molar-refractivity contribution in [2.45, 2.75) is 25.8 Å². The maximum Gasteiger partial charge on any atom is 0.242 e. The Kier molecular flexibility index (Phi) is 6.13. The fourth-order valence-electron chi connectivity index (χ4n) is 2.65. The molecule has 1 fully saturated rings. The lowest BCUT2D eigenvalue weighted by Crippen LogP contribution is -2.46. The van der Waals surface area contributed by atoms with Crippen LogP contribution in [0.5, 0.6) is 0 Å². The largest absolute Gasteiger partial charge is 0.349 e. The van der Waals surface area contributed by atoms with E-state index in [1.807, 2.05) is 6.07 Å². The van der Waals surface area contributed by atoms with Gasteiger partial charge in [0.05, 0.1) is 29.9 Å². The van der Waals surface area contributed by atoms with Crippen LogP contribution >= 0.6 is 0 Å². The monoisotopic (exact) mass is 367 g/mol. The van der Waals surface area contributed by atoms with Crippen molar-refractivity contribution in [1.29, 1.82) is 0 Å². The lowest BCUT2D eigenvalue weighted by atomic mass is 10.0. The first-order chi connectivity index (χ1) is 11.8. The lowest BCUT2D eigenvalue weighted by molar-refractivity contribution is -0.131. The first-order valence-corrected chi connectivity index (χ1v) is 9.70. The minimum atomic E-state index is -3.17. The van der Waals surface area contributed by atoms with E-state index >= 15 is 0 Å². The van der Waals surface area contributed by atoms with E-state index in [0.29, 0.717) is 0 Å². The molecule has 8 nitrogen and oxygen atoms in total. The molecule has 9 heteroatoms. The van der Waals surface area contributed by atoms with Crippen LogP contribution < -0.4 is 16.2 Å². The van der Waals surface area contributed by atoms with Gasteiger partial charge < -0.3 is 5.32 Å². The van der Waals surface area contributed by atoms with Crippen molar-refractivity contribution >= 4 is 27.6 Å². The van der Waals surface area contributed by atoms with Gasteiger partial charge in [-0.1, -0.05) is 30.3 Å². The standard InChI is InChI=1S/C16H21N3O5S/c1-11(20)17-14(12-5-3-2-4-6-12)9-15(21)18-19-16(22)13-7-8-25(23,24)10-13/h2-6,13-14H,7-10H2,1H3,(H,17,20)(H,18,21)(H,19,22)/t13-,14+/m0/s1. The van der Waals surface area contributed by atoms with E-state index in [2.05, 4.69) is 16.2 Å². The highest BCUT2D eigenvalue weighted by Crippen LogP contribution is 2.18. The predicted molar refractivity (Wildman–Crippen MR) is 90.7 cm³/mol. The highest BCUT2D eigenvalue weighted by molar-refractivity contribution is 7.91. The third-order valence-electron chi connectivity index (χ3n) is 3.90. The molecule has 0 radical (unpaired) electrons. The molecule has 0 spiro atoms. The minimum absolute atomic E-state index is 0.0162. The van der Waals surface area contributed by atoms with Gasteiger partial charge in [-0.3, -0.25) is 25.2 Å². The van der Waals surface area contributed by atoms with Crippen LogP contribution in [-0.4, -0.2) is 37.6 Å². The smallest absolute Gasteiger partial charge is 0.242 e. The summed E-state index contributed by atoms with van der Waals surface area (Å²) < 4.78 is 22.8. The van der Waals surface area contributed by atoms with E-state index in [1.54, 1.807) is 24.3 Å². The van der Waals surface area contributed by atoms with Crippen LogP contribution in [0.25, 0.3) is 0 Å². The van der Waals surface area contributed by atoms with Crippen molar-refractivity contribution in [1.82, 2.24) is 16.2 Å². The van der Waals surface area contributed by atoms with Crippen molar-refractivity contribution in [3.63, 3.8) is 0 Å². The molecule has 3 amide bonds. The summed E-state index contributed by atoms with van der Waals surface area (Å²) in [6.45, 7) is 1.36. The molecule has 136 valence electrons. The molecule has 1 aromatic carbocycles. The van der Waals surface area contributed by atoms with Crippen molar-refractivity contribution in [3.05, 3.63) is 35.9 Å². The number of amides is 3. The molecule has 2 atom stereocenters. The molecule has 1 aliphatic heterocycles. The second-order valence-electron chi connectivity index (χ2n) is 6.01. The number of nitrogens with one attached hydrogen (secondary N) is 3. The maximum atomic E-state index is 12.1. The third kappa shape index (κ3) is 5.86. The zero-order valence-electron chi connectivity index (χ0n) is 13.8. The fraction of sp³-hybridized carbons (Fsp3) is 0.438. The van der Waals surface area contributed by atoms with E-state index in [0.717, 1.165) is 5.56 Å². The Bertz CT molecular complexity index is 748. The summed E-state index contributed by atoms with van der Waals surface area (Å²) in [4.78, 5) is 35.3. The van der Waals surface area contributed by atoms with Crippen molar-refractivity contribution in [2.75, 3.05) is 11.5 Å². The summed E-state index contributed by atoms with van der Waals surface area (Å²) in [7, 11) is -3.17. The highest BCUT2D eigenvalue weighted by atomic mass is 32.2. The quantitative estimate of drug-likeness (QED) is 0.624. The van der Waals surface area contributed by atoms with E-state index in [-0.39, 0.29) is 30.3 Å². The summed E-state index contributed by atoms with van der Waals surface area (Å²) in [5.74, 6) is -2.15. The van der Waals surface area contributed by atoms with Crippen LogP contribution in [0.4, 0.5) is 0 Å². The first kappa shape index (κ1) is 18.9. The van der Waals surface area contributed by atoms with Crippen LogP contribution in [-0.2, 0) is 24.2 Å². The average Bonchev–Trinajstić information content (AvgIpc) is 2.92. The number of carbonyl (C=O) groups excluding carboxylic acids is 3. The summed E-state index contributed by atoms with van der Waals surface area (Å²) in [5, 5.41) is 2.69. The summed E-state index contributed by atoms with van der Waals surface area (Å²) in [5.41, 5.74) is 5.30. The maximum absolute atomic E-state index is 12.1. The van der Waals surface area contributed by atoms with Gasteiger partial charge in [0.15, 0.2) is 9.84 Å². The number of sulfone groups is 1. The lowest BCUT2D eigenvalue weighted by Gasteiger charge is -2.18. The second kappa shape index (κ2) is 8.11. The molecule has 0 aliphatic carbocycles. The van der Waals surface area contributed by atoms with Gasteiger partial charge in [0.1, 0.15) is 0 Å². The Morgan fingerprint density at radius 1 is 1.16 bits per heavy atom. The van der Waals surface area contributed by atoms with Gasteiger partial charge in [-0.15, -0.1) is 0 Å². The molecule has 0 unspecified atom stereocenters. The van der Waals surface area contributed by atoms with Crippen LogP contribution in [0.3, 0.4) is 0 Å². The Morgan fingerprint density at radius 2 is 1.84 bits per heavy atom. The van der Waals surface area contributed by atoms with Crippen LogP contribution in [0.15, 0.2) is 30.3 Å². The van der Waals surface area contributed by atoms with Crippen LogP contribution in [0.2, 0.25) is 0 Å². The predicted octanol–water partition coefficient (Wildman–Crippen LogP) is -0.164. The summed E-state index contributed by atoms with van der Waals surface area (Å²) in [6.07, 6.45) is 0.190. The molecule has 0 saturated carbocycles. The number of hydrazine groups is 1. The van der Waals surface area contributed by atoms with Crippen LogP contribution in [0.1, 0.15) is 31.4 Å². The number of carbonyl (C=O) groups is 3. The van der Waals surface area contributed by atoms with E-state index in [1.165, 1.54) is 6.92 Å². The minimum Gasteiger partial charge on any atom is -0.349 e. The molecule has 1 saturated heterocycles. The number of hydrogen-bond donors (Lipinski definition) is 3. The molecular weight excluding hydrogens is 346 g/mol. The van der Waals surface area contributed by atoms with Gasteiger partial charge in [0, 0.05) is 6.92 Å². The average molecular weight is 367 g/mol. The molecule has 1 heterocycles. The number of hydrogen-bond acceptors (Lipinski definition) is 5. The molecule has 3 N–H and O–H groups in total. The molecule has 1 aromatic rings. The molecule has 0 aromatic heterocycles. The van der Waals surface area contributed by atoms with Gasteiger partial charge in [-0.05, 0) is 12.0 Å². The highest BCUT2D eigenvalue weighted by Gasteiger charge is 2.33. The van der Waals surface area contributed by atoms with Crippen molar-refractivity contribution < 1.29 is 22.8 Å². The van der Waals surface area contributed by atoms with Gasteiger partial charge in [-0.2, -0.15) is 0 Å². The molecule has 2 rings (SSSR count). The molecule has 1 aliphatic rings. The van der Waals surface area contributed by atoms with Crippen molar-refractivity contribution in [3.8, 4) is 0 Å². The van der Waals surface area contributed by atoms with E-state index < -0.39 is 33.6 Å². The summed E-state index contributed by atoms with van der Waals surface area (Å²) in [6, 6.07) is 8.47.